The predicted octanol–water partition coefficient (Wildman–Crippen LogP) is 9.98. The summed E-state index contributed by atoms with van der Waals surface area (Å²) in [6, 6.07) is 27.2. The van der Waals surface area contributed by atoms with Gasteiger partial charge in [-0.05, 0) is 111 Å². The smallest absolute Gasteiger partial charge is 0.189 e. The lowest BCUT2D eigenvalue weighted by Crippen LogP contribution is -2.29. The molecule has 1 atom stereocenters. The summed E-state index contributed by atoms with van der Waals surface area (Å²) in [6.45, 7) is 19.8. The number of rotatable bonds is 7. The van der Waals surface area contributed by atoms with Gasteiger partial charge in [0.15, 0.2) is 4.77 Å². The second-order valence-corrected chi connectivity index (χ2v) is 14.6. The van der Waals surface area contributed by atoms with Crippen molar-refractivity contribution in [3.05, 3.63) is 128 Å². The van der Waals surface area contributed by atoms with Crippen molar-refractivity contribution < 1.29 is 0 Å². The zero-order valence-electron chi connectivity index (χ0n) is 26.7. The summed E-state index contributed by atoms with van der Waals surface area (Å²) in [5.41, 5.74) is 17.1. The molecule has 5 heteroatoms. The lowest BCUT2D eigenvalue weighted by molar-refractivity contribution is 0.506. The van der Waals surface area contributed by atoms with E-state index in [1.807, 2.05) is 0 Å². The van der Waals surface area contributed by atoms with E-state index in [0.29, 0.717) is 0 Å². The maximum atomic E-state index is 6.51. The number of hydrogen-bond donors (Lipinski definition) is 0. The molecule has 0 radical (unpaired) electrons. The number of aryl methyl sites for hydroxylation is 6. The van der Waals surface area contributed by atoms with Crippen LogP contribution in [0.2, 0.25) is 0 Å². The summed E-state index contributed by atoms with van der Waals surface area (Å²) < 4.78 is 8.27. The molecule has 4 aromatic carbocycles. The molecule has 43 heavy (non-hydrogen) atoms. The highest BCUT2D eigenvalue weighted by Gasteiger charge is 2.40. The summed E-state index contributed by atoms with van der Waals surface area (Å²) in [5, 5.41) is 0. The standard InChI is InChI=1S/C38H42N3PS/c1-9-39(10-2)42(37-32-17-13-11-15-30(32)31-16-12-14-18-33(31)37)34-23-40(35-26(5)19-24(3)20-27(35)6)38(43)41(34)36-28(7)21-25(4)22-29(36)8/h11-23,37H,9-10H2,1-8H3. The van der Waals surface area contributed by atoms with Crippen LogP contribution in [0.25, 0.3) is 22.5 Å². The predicted molar refractivity (Wildman–Crippen MR) is 188 cm³/mol. The molecule has 0 spiro atoms. The van der Waals surface area contributed by atoms with Gasteiger partial charge in [0.05, 0.1) is 16.8 Å². The Kier molecular flexibility index (Phi) is 8.07. The Hall–Kier alpha value is -3.30. The normalized spacial score (nSPS) is 13.4. The monoisotopic (exact) mass is 603 g/mol. The minimum Gasteiger partial charge on any atom is -0.291 e. The topological polar surface area (TPSA) is 13.1 Å². The van der Waals surface area contributed by atoms with E-state index in [0.717, 1.165) is 17.9 Å². The van der Waals surface area contributed by atoms with E-state index < -0.39 is 8.07 Å². The van der Waals surface area contributed by atoms with Crippen LogP contribution in [0.1, 0.15) is 64.0 Å². The van der Waals surface area contributed by atoms with Gasteiger partial charge in [0.2, 0.25) is 0 Å². The SMILES string of the molecule is CCN(CC)P(c1cn(-c2c(C)cc(C)cc2C)c(=S)n1-c1c(C)cc(C)cc1C)C1c2ccccc2-c2ccccc21. The Labute approximate surface area is 263 Å². The molecule has 220 valence electrons. The average molecular weight is 604 g/mol. The molecule has 6 rings (SSSR count). The summed E-state index contributed by atoms with van der Waals surface area (Å²) >= 11 is 6.51. The quantitative estimate of drug-likeness (QED) is 0.136. The molecule has 1 aliphatic rings. The van der Waals surface area contributed by atoms with Crippen molar-refractivity contribution in [1.29, 1.82) is 0 Å². The molecule has 1 unspecified atom stereocenters. The molecular formula is C38H42N3PS. The maximum absolute atomic E-state index is 6.51. The van der Waals surface area contributed by atoms with Gasteiger partial charge in [0.25, 0.3) is 0 Å². The molecule has 1 aromatic heterocycles. The van der Waals surface area contributed by atoms with E-state index in [9.17, 15) is 0 Å². The molecular weight excluding hydrogens is 561 g/mol. The van der Waals surface area contributed by atoms with Gasteiger partial charge in [-0.25, -0.2) is 0 Å². The Bertz CT molecular complexity index is 1820. The van der Waals surface area contributed by atoms with Crippen molar-refractivity contribution in [2.45, 2.75) is 61.0 Å². The van der Waals surface area contributed by atoms with Gasteiger partial charge < -0.3 is 0 Å². The number of benzene rings is 4. The van der Waals surface area contributed by atoms with E-state index in [-0.39, 0.29) is 5.66 Å². The van der Waals surface area contributed by atoms with Crippen molar-refractivity contribution in [3.63, 3.8) is 0 Å². The molecule has 0 fully saturated rings. The molecule has 0 aliphatic heterocycles. The van der Waals surface area contributed by atoms with Crippen LogP contribution in [0.15, 0.2) is 79.0 Å². The number of imidazole rings is 1. The highest BCUT2D eigenvalue weighted by atomic mass is 32.1. The Morgan fingerprint density at radius 1 is 0.674 bits per heavy atom. The highest BCUT2D eigenvalue weighted by Crippen LogP contribution is 2.63. The van der Waals surface area contributed by atoms with Gasteiger partial charge in [-0.2, -0.15) is 0 Å². The zero-order valence-corrected chi connectivity index (χ0v) is 28.4. The van der Waals surface area contributed by atoms with Crippen LogP contribution >= 0.6 is 20.3 Å². The van der Waals surface area contributed by atoms with Crippen molar-refractivity contribution in [2.75, 3.05) is 13.1 Å². The molecule has 0 amide bonds. The molecule has 1 aliphatic carbocycles. The van der Waals surface area contributed by atoms with Crippen LogP contribution in [0, 0.1) is 46.3 Å². The van der Waals surface area contributed by atoms with E-state index in [1.54, 1.807) is 0 Å². The van der Waals surface area contributed by atoms with Crippen molar-refractivity contribution >= 4 is 25.7 Å². The van der Waals surface area contributed by atoms with Crippen molar-refractivity contribution in [3.8, 4) is 22.5 Å². The van der Waals surface area contributed by atoms with Crippen molar-refractivity contribution in [1.82, 2.24) is 13.8 Å². The van der Waals surface area contributed by atoms with Crippen LogP contribution in [0.4, 0.5) is 0 Å². The van der Waals surface area contributed by atoms with Crippen LogP contribution in [-0.2, 0) is 0 Å². The molecule has 0 saturated heterocycles. The highest BCUT2D eigenvalue weighted by molar-refractivity contribution is 7.71. The van der Waals surface area contributed by atoms with Crippen LogP contribution in [0.3, 0.4) is 0 Å². The van der Waals surface area contributed by atoms with E-state index in [2.05, 4.69) is 148 Å². The van der Waals surface area contributed by atoms with E-state index >= 15 is 0 Å². The minimum absolute atomic E-state index is 0.241. The lowest BCUT2D eigenvalue weighted by atomic mass is 10.0. The molecule has 3 nitrogen and oxygen atoms in total. The average Bonchev–Trinajstić information content (AvgIpc) is 3.46. The number of aromatic nitrogens is 2. The minimum atomic E-state index is -0.873. The summed E-state index contributed by atoms with van der Waals surface area (Å²) in [7, 11) is -0.873. The molecule has 1 heterocycles. The fourth-order valence-corrected chi connectivity index (χ4v) is 10.9. The Morgan fingerprint density at radius 2 is 1.12 bits per heavy atom. The first-order chi connectivity index (χ1) is 20.7. The number of nitrogens with zero attached hydrogens (tertiary/aromatic N) is 3. The fraction of sp³-hybridized carbons (Fsp3) is 0.289. The van der Waals surface area contributed by atoms with Gasteiger partial charge in [0.1, 0.15) is 0 Å². The molecule has 0 bridgehead atoms. The summed E-state index contributed by atoms with van der Waals surface area (Å²) in [4.78, 5) is 0. The van der Waals surface area contributed by atoms with Crippen LogP contribution in [0.5, 0.6) is 0 Å². The van der Waals surface area contributed by atoms with Gasteiger partial charge in [-0.3, -0.25) is 13.8 Å². The molecule has 5 aromatic rings. The van der Waals surface area contributed by atoms with Crippen LogP contribution in [-0.4, -0.2) is 26.9 Å². The second-order valence-electron chi connectivity index (χ2n) is 12.0. The van der Waals surface area contributed by atoms with Gasteiger partial charge in [-0.1, -0.05) is 97.8 Å². The Balaban J connectivity index is 1.73. The van der Waals surface area contributed by atoms with E-state index in [4.69, 9.17) is 12.2 Å². The summed E-state index contributed by atoms with van der Waals surface area (Å²) in [5.74, 6) is 0. The Morgan fingerprint density at radius 3 is 1.58 bits per heavy atom. The number of fused-ring (bicyclic) bond motifs is 3. The first-order valence-electron chi connectivity index (χ1n) is 15.4. The van der Waals surface area contributed by atoms with Gasteiger partial charge >= 0.3 is 0 Å². The summed E-state index contributed by atoms with van der Waals surface area (Å²) in [6.07, 6.45) is 2.39. The van der Waals surface area contributed by atoms with Crippen molar-refractivity contribution in [2.24, 2.45) is 0 Å². The molecule has 0 saturated carbocycles. The zero-order chi connectivity index (χ0) is 30.6. The first kappa shape index (κ1) is 29.8. The van der Waals surface area contributed by atoms with Gasteiger partial charge in [-0.15, -0.1) is 0 Å². The lowest BCUT2D eigenvalue weighted by Gasteiger charge is -2.36. The third-order valence-electron chi connectivity index (χ3n) is 8.92. The third-order valence-corrected chi connectivity index (χ3v) is 12.3. The second kappa shape index (κ2) is 11.7. The van der Waals surface area contributed by atoms with Crippen LogP contribution < -0.4 is 5.44 Å². The maximum Gasteiger partial charge on any atom is 0.189 e. The van der Waals surface area contributed by atoms with E-state index in [1.165, 1.54) is 72.4 Å². The third kappa shape index (κ3) is 4.94. The van der Waals surface area contributed by atoms with Gasteiger partial charge in [0, 0.05) is 19.9 Å². The fourth-order valence-electron chi connectivity index (χ4n) is 7.40. The molecule has 0 N–H and O–H groups in total. The first-order valence-corrected chi connectivity index (χ1v) is 17.2. The largest absolute Gasteiger partial charge is 0.291 e. The number of hydrogen-bond acceptors (Lipinski definition) is 2.